The molecule has 0 spiro atoms. The molecule has 2 heterocycles. The van der Waals surface area contributed by atoms with Gasteiger partial charge in [-0.2, -0.15) is 0 Å². The Kier molecular flexibility index (Phi) is 1.92. The van der Waals surface area contributed by atoms with E-state index >= 15 is 0 Å². The standard InChI is InChI=1S/C13H9N2O2/c1-15-5-3-9-11(7-15)13(17)8-2-4-14-6-10(8)12(9)16/h2-7H,1H3/q+1. The van der Waals surface area contributed by atoms with Gasteiger partial charge in [0.1, 0.15) is 7.05 Å². The Bertz CT molecular complexity index is 662. The summed E-state index contributed by atoms with van der Waals surface area (Å²) in [6.45, 7) is 0. The molecule has 1 aliphatic carbocycles. The number of aromatic nitrogens is 2. The van der Waals surface area contributed by atoms with E-state index in [1.807, 2.05) is 7.05 Å². The van der Waals surface area contributed by atoms with Crippen LogP contribution in [-0.4, -0.2) is 16.6 Å². The molecule has 0 unspecified atom stereocenters. The fraction of sp³-hybridized carbons (Fsp3) is 0.0769. The Morgan fingerprint density at radius 3 is 2.53 bits per heavy atom. The van der Waals surface area contributed by atoms with Crippen molar-refractivity contribution >= 4 is 11.6 Å². The Hall–Kier alpha value is -2.36. The zero-order chi connectivity index (χ0) is 12.0. The summed E-state index contributed by atoms with van der Waals surface area (Å²) >= 11 is 0. The van der Waals surface area contributed by atoms with Crippen molar-refractivity contribution < 1.29 is 14.2 Å². The second-order valence-corrected chi connectivity index (χ2v) is 4.02. The van der Waals surface area contributed by atoms with Crippen molar-refractivity contribution in [1.82, 2.24) is 4.98 Å². The number of fused-ring (bicyclic) bond motifs is 2. The first kappa shape index (κ1) is 9.84. The van der Waals surface area contributed by atoms with Gasteiger partial charge >= 0.3 is 0 Å². The lowest BCUT2D eigenvalue weighted by Crippen LogP contribution is -2.32. The van der Waals surface area contributed by atoms with Crippen LogP contribution in [0, 0.1) is 0 Å². The second kappa shape index (κ2) is 3.31. The van der Waals surface area contributed by atoms with E-state index in [-0.39, 0.29) is 11.6 Å². The van der Waals surface area contributed by atoms with Crippen molar-refractivity contribution in [2.24, 2.45) is 7.05 Å². The number of pyridine rings is 2. The predicted octanol–water partition coefficient (Wildman–Crippen LogP) is 0.681. The topological polar surface area (TPSA) is 50.9 Å². The minimum atomic E-state index is -0.136. The minimum absolute atomic E-state index is 0.117. The van der Waals surface area contributed by atoms with Crippen LogP contribution in [0.15, 0.2) is 36.9 Å². The number of hydrogen-bond acceptors (Lipinski definition) is 3. The number of ketones is 2. The van der Waals surface area contributed by atoms with Crippen LogP contribution in [0.2, 0.25) is 0 Å². The van der Waals surface area contributed by atoms with E-state index in [2.05, 4.69) is 4.98 Å². The maximum Gasteiger partial charge on any atom is 0.200 e. The van der Waals surface area contributed by atoms with Gasteiger partial charge in [0.15, 0.2) is 18.2 Å². The summed E-state index contributed by atoms with van der Waals surface area (Å²) < 4.78 is 1.76. The zero-order valence-electron chi connectivity index (χ0n) is 9.18. The molecule has 82 valence electrons. The Labute approximate surface area is 97.5 Å². The normalized spacial score (nSPS) is 13.2. The lowest BCUT2D eigenvalue weighted by atomic mass is 9.86. The highest BCUT2D eigenvalue weighted by atomic mass is 16.1. The molecule has 1 aliphatic rings. The first-order valence-corrected chi connectivity index (χ1v) is 5.21. The van der Waals surface area contributed by atoms with Crippen molar-refractivity contribution in [1.29, 1.82) is 0 Å². The number of carbonyl (C=O) groups is 2. The van der Waals surface area contributed by atoms with Crippen LogP contribution in [0.3, 0.4) is 0 Å². The molecule has 0 N–H and O–H groups in total. The Balaban J connectivity index is 2.33. The molecule has 0 saturated heterocycles. The van der Waals surface area contributed by atoms with Gasteiger partial charge in [-0.1, -0.05) is 0 Å². The predicted molar refractivity (Wildman–Crippen MR) is 58.7 cm³/mol. The number of carbonyl (C=O) groups excluding carboxylic acids is 2. The molecule has 4 nitrogen and oxygen atoms in total. The molecular weight excluding hydrogens is 216 g/mol. The zero-order valence-corrected chi connectivity index (χ0v) is 9.18. The van der Waals surface area contributed by atoms with Crippen molar-refractivity contribution in [2.45, 2.75) is 0 Å². The van der Waals surface area contributed by atoms with Gasteiger partial charge in [-0.15, -0.1) is 0 Å². The lowest BCUT2D eigenvalue weighted by molar-refractivity contribution is -0.671. The third-order valence-corrected chi connectivity index (χ3v) is 2.90. The molecule has 0 fully saturated rings. The van der Waals surface area contributed by atoms with E-state index in [4.69, 9.17) is 0 Å². The molecule has 0 radical (unpaired) electrons. The van der Waals surface area contributed by atoms with Gasteiger partial charge in [-0.3, -0.25) is 14.6 Å². The average Bonchev–Trinajstić information content (AvgIpc) is 2.36. The molecule has 2 aromatic rings. The highest BCUT2D eigenvalue weighted by Gasteiger charge is 2.31. The maximum atomic E-state index is 12.2. The third-order valence-electron chi connectivity index (χ3n) is 2.90. The number of hydrogen-bond donors (Lipinski definition) is 0. The fourth-order valence-electron chi connectivity index (χ4n) is 2.04. The van der Waals surface area contributed by atoms with E-state index in [9.17, 15) is 9.59 Å². The summed E-state index contributed by atoms with van der Waals surface area (Å²) in [5.41, 5.74) is 1.73. The molecule has 3 rings (SSSR count). The van der Waals surface area contributed by atoms with Crippen LogP contribution in [-0.2, 0) is 7.05 Å². The first-order chi connectivity index (χ1) is 8.18. The van der Waals surface area contributed by atoms with Gasteiger partial charge in [0.05, 0.1) is 11.1 Å². The molecule has 0 saturated carbocycles. The molecule has 2 aromatic heterocycles. The molecular formula is C13H9N2O2+. The van der Waals surface area contributed by atoms with Gasteiger partial charge in [0.2, 0.25) is 5.78 Å². The van der Waals surface area contributed by atoms with E-state index in [0.717, 1.165) is 0 Å². The van der Waals surface area contributed by atoms with Crippen molar-refractivity contribution in [3.8, 4) is 0 Å². The highest BCUT2D eigenvalue weighted by Crippen LogP contribution is 2.24. The number of nitrogens with zero attached hydrogens (tertiary/aromatic N) is 2. The Morgan fingerprint density at radius 1 is 1.00 bits per heavy atom. The van der Waals surface area contributed by atoms with Gasteiger partial charge in [0, 0.05) is 29.6 Å². The molecule has 0 aromatic carbocycles. The molecule has 0 atom stereocenters. The third kappa shape index (κ3) is 1.30. The van der Waals surface area contributed by atoms with Crippen LogP contribution in [0.1, 0.15) is 31.8 Å². The molecule has 0 aliphatic heterocycles. The highest BCUT2D eigenvalue weighted by molar-refractivity contribution is 6.27. The van der Waals surface area contributed by atoms with Crippen molar-refractivity contribution in [3.05, 3.63) is 59.2 Å². The van der Waals surface area contributed by atoms with Gasteiger partial charge < -0.3 is 0 Å². The van der Waals surface area contributed by atoms with E-state index in [1.165, 1.54) is 12.4 Å². The van der Waals surface area contributed by atoms with E-state index < -0.39 is 0 Å². The summed E-state index contributed by atoms with van der Waals surface area (Å²) in [4.78, 5) is 28.3. The quantitative estimate of drug-likeness (QED) is 0.529. The Morgan fingerprint density at radius 2 is 1.71 bits per heavy atom. The minimum Gasteiger partial charge on any atom is -0.288 e. The smallest absolute Gasteiger partial charge is 0.200 e. The van der Waals surface area contributed by atoms with Gasteiger partial charge in [0.25, 0.3) is 0 Å². The van der Waals surface area contributed by atoms with Crippen LogP contribution >= 0.6 is 0 Å². The van der Waals surface area contributed by atoms with Crippen LogP contribution in [0.4, 0.5) is 0 Å². The van der Waals surface area contributed by atoms with E-state index in [0.29, 0.717) is 22.3 Å². The number of aryl methyl sites for hydroxylation is 1. The monoisotopic (exact) mass is 225 g/mol. The molecule has 0 bridgehead atoms. The number of rotatable bonds is 0. The summed E-state index contributed by atoms with van der Waals surface area (Å²) in [6, 6.07) is 3.26. The summed E-state index contributed by atoms with van der Waals surface area (Å²) in [5.74, 6) is -0.253. The molecule has 4 heteroatoms. The summed E-state index contributed by atoms with van der Waals surface area (Å²) in [6.07, 6.45) is 6.41. The van der Waals surface area contributed by atoms with Crippen LogP contribution in [0.25, 0.3) is 0 Å². The SMILES string of the molecule is C[n+]1ccc2c(c1)C(=O)c1ccncc1C2=O. The second-order valence-electron chi connectivity index (χ2n) is 4.02. The van der Waals surface area contributed by atoms with Gasteiger partial charge in [-0.25, -0.2) is 4.57 Å². The lowest BCUT2D eigenvalue weighted by Gasteiger charge is -2.14. The van der Waals surface area contributed by atoms with Gasteiger partial charge in [-0.05, 0) is 6.07 Å². The summed E-state index contributed by atoms with van der Waals surface area (Å²) in [5, 5.41) is 0. The molecule has 17 heavy (non-hydrogen) atoms. The van der Waals surface area contributed by atoms with Crippen molar-refractivity contribution in [3.63, 3.8) is 0 Å². The van der Waals surface area contributed by atoms with Crippen LogP contribution in [0.5, 0.6) is 0 Å². The molecule has 0 amide bonds. The fourth-order valence-corrected chi connectivity index (χ4v) is 2.04. The first-order valence-electron chi connectivity index (χ1n) is 5.21. The largest absolute Gasteiger partial charge is 0.288 e. The van der Waals surface area contributed by atoms with Crippen LogP contribution < -0.4 is 4.57 Å². The van der Waals surface area contributed by atoms with Crippen molar-refractivity contribution in [2.75, 3.05) is 0 Å². The van der Waals surface area contributed by atoms with E-state index in [1.54, 1.807) is 29.1 Å². The maximum absolute atomic E-state index is 12.2. The average molecular weight is 225 g/mol. The summed E-state index contributed by atoms with van der Waals surface area (Å²) in [7, 11) is 1.82.